The van der Waals surface area contributed by atoms with E-state index in [0.29, 0.717) is 13.0 Å². The molecule has 19 heavy (non-hydrogen) atoms. The minimum absolute atomic E-state index is 0.0480. The lowest BCUT2D eigenvalue weighted by Gasteiger charge is -2.24. The highest BCUT2D eigenvalue weighted by Gasteiger charge is 2.39. The van der Waals surface area contributed by atoms with Crippen molar-refractivity contribution in [2.45, 2.75) is 37.8 Å². The SMILES string of the molecule is COC1CC(C(=O)O)N(c2ncnc3c2CCC3)C1. The molecule has 3 rings (SSSR count). The number of aromatic nitrogens is 2. The third kappa shape index (κ3) is 2.06. The van der Waals surface area contributed by atoms with E-state index >= 15 is 0 Å². The predicted octanol–water partition coefficient (Wildman–Crippen LogP) is 0.644. The monoisotopic (exact) mass is 263 g/mol. The van der Waals surface area contributed by atoms with Crippen molar-refractivity contribution in [1.29, 1.82) is 0 Å². The first kappa shape index (κ1) is 12.3. The highest BCUT2D eigenvalue weighted by Crippen LogP contribution is 2.33. The Morgan fingerprint density at radius 2 is 2.32 bits per heavy atom. The van der Waals surface area contributed by atoms with E-state index in [1.165, 1.54) is 0 Å². The minimum atomic E-state index is -0.815. The largest absolute Gasteiger partial charge is 0.480 e. The molecule has 0 bridgehead atoms. The molecule has 0 amide bonds. The first-order chi connectivity index (χ1) is 9.20. The Hall–Kier alpha value is -1.69. The number of hydrogen-bond donors (Lipinski definition) is 1. The van der Waals surface area contributed by atoms with E-state index in [0.717, 1.165) is 36.3 Å². The van der Waals surface area contributed by atoms with Crippen molar-refractivity contribution in [3.63, 3.8) is 0 Å². The first-order valence-corrected chi connectivity index (χ1v) is 6.55. The molecule has 0 saturated carbocycles. The van der Waals surface area contributed by atoms with E-state index in [1.807, 2.05) is 4.90 Å². The average molecular weight is 263 g/mol. The first-order valence-electron chi connectivity index (χ1n) is 6.55. The molecule has 1 N–H and O–H groups in total. The van der Waals surface area contributed by atoms with Gasteiger partial charge in [0.05, 0.1) is 6.10 Å². The van der Waals surface area contributed by atoms with Gasteiger partial charge in [-0.3, -0.25) is 0 Å². The highest BCUT2D eigenvalue weighted by molar-refractivity contribution is 5.79. The van der Waals surface area contributed by atoms with Gasteiger partial charge in [0.25, 0.3) is 0 Å². The third-order valence-electron chi connectivity index (χ3n) is 4.01. The molecule has 6 heteroatoms. The fraction of sp³-hybridized carbons (Fsp3) is 0.615. The van der Waals surface area contributed by atoms with Crippen molar-refractivity contribution in [3.8, 4) is 0 Å². The summed E-state index contributed by atoms with van der Waals surface area (Å²) in [6, 6.07) is -0.551. The minimum Gasteiger partial charge on any atom is -0.480 e. The van der Waals surface area contributed by atoms with Crippen molar-refractivity contribution in [1.82, 2.24) is 9.97 Å². The maximum atomic E-state index is 11.4. The third-order valence-corrected chi connectivity index (χ3v) is 4.01. The van der Waals surface area contributed by atoms with Crippen LogP contribution in [0.5, 0.6) is 0 Å². The summed E-state index contributed by atoms with van der Waals surface area (Å²) < 4.78 is 5.31. The van der Waals surface area contributed by atoms with Crippen molar-refractivity contribution < 1.29 is 14.6 Å². The molecule has 2 atom stereocenters. The number of anilines is 1. The highest BCUT2D eigenvalue weighted by atomic mass is 16.5. The van der Waals surface area contributed by atoms with Crippen LogP contribution in [0.15, 0.2) is 6.33 Å². The van der Waals surface area contributed by atoms with E-state index in [2.05, 4.69) is 9.97 Å². The summed E-state index contributed by atoms with van der Waals surface area (Å²) in [7, 11) is 1.62. The summed E-state index contributed by atoms with van der Waals surface area (Å²) in [5.41, 5.74) is 2.18. The van der Waals surface area contributed by atoms with Crippen molar-refractivity contribution in [2.24, 2.45) is 0 Å². The van der Waals surface area contributed by atoms with Gasteiger partial charge in [-0.05, 0) is 19.3 Å². The lowest BCUT2D eigenvalue weighted by atomic mass is 10.2. The lowest BCUT2D eigenvalue weighted by Crippen LogP contribution is -2.37. The second-order valence-corrected chi connectivity index (χ2v) is 5.08. The van der Waals surface area contributed by atoms with E-state index in [4.69, 9.17) is 4.74 Å². The molecule has 1 aliphatic carbocycles. The molecule has 102 valence electrons. The van der Waals surface area contributed by atoms with Crippen LogP contribution in [0, 0.1) is 0 Å². The molecule has 2 aliphatic rings. The fourth-order valence-electron chi connectivity index (χ4n) is 3.03. The number of aliphatic carboxylic acids is 1. The Morgan fingerprint density at radius 3 is 3.05 bits per heavy atom. The Morgan fingerprint density at radius 1 is 1.47 bits per heavy atom. The number of fused-ring (bicyclic) bond motifs is 1. The Kier molecular flexibility index (Phi) is 3.10. The van der Waals surface area contributed by atoms with E-state index < -0.39 is 12.0 Å². The molecule has 1 saturated heterocycles. The van der Waals surface area contributed by atoms with Crippen LogP contribution in [0.3, 0.4) is 0 Å². The smallest absolute Gasteiger partial charge is 0.326 e. The van der Waals surface area contributed by atoms with Gasteiger partial charge in [-0.2, -0.15) is 0 Å². The molecule has 0 aromatic carbocycles. The summed E-state index contributed by atoms with van der Waals surface area (Å²) in [5, 5.41) is 9.37. The lowest BCUT2D eigenvalue weighted by molar-refractivity contribution is -0.138. The number of ether oxygens (including phenoxy) is 1. The number of nitrogens with zero attached hydrogens (tertiary/aromatic N) is 3. The quantitative estimate of drug-likeness (QED) is 0.862. The number of methoxy groups -OCH3 is 1. The second kappa shape index (κ2) is 4.77. The van der Waals surface area contributed by atoms with Gasteiger partial charge in [-0.1, -0.05) is 0 Å². The van der Waals surface area contributed by atoms with Crippen LogP contribution < -0.4 is 4.90 Å². The number of aryl methyl sites for hydroxylation is 1. The van der Waals surface area contributed by atoms with Crippen molar-refractivity contribution in [2.75, 3.05) is 18.6 Å². The normalized spacial score (nSPS) is 25.6. The van der Waals surface area contributed by atoms with Gasteiger partial charge in [0, 0.05) is 31.3 Å². The van der Waals surface area contributed by atoms with Gasteiger partial charge in [-0.25, -0.2) is 14.8 Å². The summed E-state index contributed by atoms with van der Waals surface area (Å²) >= 11 is 0. The molecule has 2 heterocycles. The van der Waals surface area contributed by atoms with Crippen molar-refractivity contribution >= 4 is 11.8 Å². The van der Waals surface area contributed by atoms with Gasteiger partial charge >= 0.3 is 5.97 Å². The number of rotatable bonds is 3. The zero-order valence-corrected chi connectivity index (χ0v) is 10.9. The number of carboxylic acids is 1. The summed E-state index contributed by atoms with van der Waals surface area (Å²) in [5.74, 6) is -0.0284. The molecule has 1 aliphatic heterocycles. The van der Waals surface area contributed by atoms with Crippen LogP contribution in [-0.4, -0.2) is 46.8 Å². The van der Waals surface area contributed by atoms with Gasteiger partial charge in [0.2, 0.25) is 0 Å². The van der Waals surface area contributed by atoms with Crippen molar-refractivity contribution in [3.05, 3.63) is 17.6 Å². The summed E-state index contributed by atoms with van der Waals surface area (Å²) in [6.45, 7) is 0.580. The maximum Gasteiger partial charge on any atom is 0.326 e. The number of carbonyl (C=O) groups is 1. The van der Waals surface area contributed by atoms with Crippen LogP contribution in [0.2, 0.25) is 0 Å². The molecule has 6 nitrogen and oxygen atoms in total. The Balaban J connectivity index is 1.96. The number of hydrogen-bond acceptors (Lipinski definition) is 5. The number of carboxylic acid groups (broad SMARTS) is 1. The van der Waals surface area contributed by atoms with Gasteiger partial charge in [0.15, 0.2) is 0 Å². The molecule has 1 aromatic heterocycles. The van der Waals surface area contributed by atoms with Gasteiger partial charge < -0.3 is 14.7 Å². The topological polar surface area (TPSA) is 75.6 Å². The van der Waals surface area contributed by atoms with E-state index in [9.17, 15) is 9.90 Å². The van der Waals surface area contributed by atoms with Crippen LogP contribution in [0.25, 0.3) is 0 Å². The predicted molar refractivity (Wildman–Crippen MR) is 68.2 cm³/mol. The second-order valence-electron chi connectivity index (χ2n) is 5.08. The van der Waals surface area contributed by atoms with Crippen LogP contribution >= 0.6 is 0 Å². The Bertz CT molecular complexity index is 506. The molecule has 1 fully saturated rings. The molecule has 0 radical (unpaired) electrons. The van der Waals surface area contributed by atoms with Crippen LogP contribution in [0.4, 0.5) is 5.82 Å². The van der Waals surface area contributed by atoms with Crippen LogP contribution in [-0.2, 0) is 22.4 Å². The summed E-state index contributed by atoms with van der Waals surface area (Å²) in [4.78, 5) is 21.9. The molecular formula is C13H17N3O3. The molecule has 1 aromatic rings. The van der Waals surface area contributed by atoms with E-state index in [-0.39, 0.29) is 6.10 Å². The maximum absolute atomic E-state index is 11.4. The van der Waals surface area contributed by atoms with Crippen LogP contribution in [0.1, 0.15) is 24.1 Å². The molecule has 0 spiro atoms. The fourth-order valence-corrected chi connectivity index (χ4v) is 3.03. The van der Waals surface area contributed by atoms with Gasteiger partial charge in [-0.15, -0.1) is 0 Å². The summed E-state index contributed by atoms with van der Waals surface area (Å²) in [6.07, 6.45) is 4.97. The average Bonchev–Trinajstić information content (AvgIpc) is 3.04. The van der Waals surface area contributed by atoms with Gasteiger partial charge in [0.1, 0.15) is 18.2 Å². The van der Waals surface area contributed by atoms with E-state index in [1.54, 1.807) is 13.4 Å². The molecular weight excluding hydrogens is 246 g/mol. The zero-order valence-electron chi connectivity index (χ0n) is 10.9. The Labute approximate surface area is 111 Å². The zero-order chi connectivity index (χ0) is 13.4. The standard InChI is InChI=1S/C13H17N3O3/c1-19-8-5-11(13(17)18)16(6-8)12-9-3-2-4-10(9)14-7-15-12/h7-8,11H,2-6H2,1H3,(H,17,18). The molecule has 2 unspecified atom stereocenters.